The highest BCUT2D eigenvalue weighted by Crippen LogP contribution is 2.17. The molecule has 52 heavy (non-hydrogen) atoms. The van der Waals surface area contributed by atoms with E-state index in [1.165, 1.54) is 24.3 Å². The second kappa shape index (κ2) is 37.7. The van der Waals surface area contributed by atoms with Gasteiger partial charge in [-0.3, -0.25) is 10.1 Å². The van der Waals surface area contributed by atoms with Gasteiger partial charge in [-0.15, -0.1) is 6.42 Å². The molecular formula is C34H55NO17. The van der Waals surface area contributed by atoms with E-state index < -0.39 is 11.1 Å². The zero-order valence-electron chi connectivity index (χ0n) is 30.0. The monoisotopic (exact) mass is 749 g/mol. The van der Waals surface area contributed by atoms with Crippen LogP contribution in [-0.4, -0.2) is 176 Å². The van der Waals surface area contributed by atoms with Gasteiger partial charge >= 0.3 is 6.16 Å². The molecule has 298 valence electrons. The Bertz CT molecular complexity index is 995. The molecule has 0 radical (unpaired) electrons. The summed E-state index contributed by atoms with van der Waals surface area (Å²) < 4.78 is 74.5. The molecule has 1 rings (SSSR count). The Morgan fingerprint density at radius 3 is 1.02 bits per heavy atom. The first-order chi connectivity index (χ1) is 25.6. The van der Waals surface area contributed by atoms with Crippen LogP contribution in [0.2, 0.25) is 0 Å². The Kier molecular flexibility index (Phi) is 34.1. The molecule has 0 N–H and O–H groups in total. The number of non-ortho nitro benzene ring substituents is 1. The lowest BCUT2D eigenvalue weighted by atomic mass is 10.3. The van der Waals surface area contributed by atoms with E-state index in [0.717, 1.165) is 0 Å². The van der Waals surface area contributed by atoms with E-state index in [-0.39, 0.29) is 24.7 Å². The van der Waals surface area contributed by atoms with Crippen molar-refractivity contribution in [2.75, 3.05) is 165 Å². The normalized spacial score (nSPS) is 11.1. The number of rotatable bonds is 39. The Labute approximate surface area is 305 Å². The molecule has 0 spiro atoms. The molecule has 18 heteroatoms. The third-order valence-electron chi connectivity index (χ3n) is 5.97. The lowest BCUT2D eigenvalue weighted by Gasteiger charge is -2.09. The van der Waals surface area contributed by atoms with Crippen LogP contribution in [0, 0.1) is 22.5 Å². The smallest absolute Gasteiger partial charge is 0.432 e. The van der Waals surface area contributed by atoms with Gasteiger partial charge in [-0.05, 0) is 12.1 Å². The number of nitro benzene ring substituents is 1. The average Bonchev–Trinajstić information content (AvgIpc) is 3.14. The fourth-order valence-electron chi connectivity index (χ4n) is 3.50. The SMILES string of the molecule is C#CCOCCOCCOCCOCCOCCOCCOCCOCCOCCOCCOCCOCCOC(=O)Oc1ccc([N+](=O)[O-])cc1. The molecule has 0 atom stereocenters. The number of nitrogens with zero attached hydrogens (tertiary/aromatic N) is 1. The second-order valence-corrected chi connectivity index (χ2v) is 9.94. The number of carbonyl (C=O) groups excluding carboxylic acids is 1. The molecule has 1 aromatic rings. The molecule has 0 fully saturated rings. The summed E-state index contributed by atoms with van der Waals surface area (Å²) in [6, 6.07) is 5.07. The largest absolute Gasteiger partial charge is 0.513 e. The van der Waals surface area contributed by atoms with Crippen LogP contribution >= 0.6 is 0 Å². The molecule has 18 nitrogen and oxygen atoms in total. The van der Waals surface area contributed by atoms with Gasteiger partial charge in [0.05, 0.1) is 157 Å². The average molecular weight is 750 g/mol. The van der Waals surface area contributed by atoms with Crippen molar-refractivity contribution < 1.29 is 76.0 Å². The zero-order valence-corrected chi connectivity index (χ0v) is 30.0. The molecule has 0 saturated carbocycles. The van der Waals surface area contributed by atoms with E-state index in [4.69, 9.17) is 72.7 Å². The molecule has 0 aliphatic rings. The van der Waals surface area contributed by atoms with Crippen molar-refractivity contribution in [3.63, 3.8) is 0 Å². The summed E-state index contributed by atoms with van der Waals surface area (Å²) in [6.07, 6.45) is 4.15. The summed E-state index contributed by atoms with van der Waals surface area (Å²) in [4.78, 5) is 21.7. The van der Waals surface area contributed by atoms with Gasteiger partial charge in [0.15, 0.2) is 0 Å². The molecule has 0 heterocycles. The number of benzene rings is 1. The summed E-state index contributed by atoms with van der Waals surface area (Å²) in [5, 5.41) is 10.6. The lowest BCUT2D eigenvalue weighted by molar-refractivity contribution is -0.384. The van der Waals surface area contributed by atoms with Crippen molar-refractivity contribution in [2.24, 2.45) is 0 Å². The molecule has 0 amide bonds. The summed E-state index contributed by atoms with van der Waals surface area (Å²) in [7, 11) is 0. The van der Waals surface area contributed by atoms with Gasteiger partial charge in [-0.25, -0.2) is 4.79 Å². The first kappa shape index (κ1) is 47.0. The zero-order chi connectivity index (χ0) is 37.4. The highest BCUT2D eigenvalue weighted by atomic mass is 16.7. The van der Waals surface area contributed by atoms with E-state index in [2.05, 4.69) is 5.92 Å². The van der Waals surface area contributed by atoms with Gasteiger partial charge in [0.25, 0.3) is 5.69 Å². The number of terminal acetylenes is 1. The minimum Gasteiger partial charge on any atom is -0.432 e. The van der Waals surface area contributed by atoms with Crippen LogP contribution < -0.4 is 4.74 Å². The van der Waals surface area contributed by atoms with Crippen LogP contribution in [0.5, 0.6) is 5.75 Å². The van der Waals surface area contributed by atoms with Crippen molar-refractivity contribution >= 4 is 11.8 Å². The lowest BCUT2D eigenvalue weighted by Crippen LogP contribution is -2.16. The van der Waals surface area contributed by atoms with Crippen LogP contribution in [0.25, 0.3) is 0 Å². The summed E-state index contributed by atoms with van der Waals surface area (Å²) >= 11 is 0. The quantitative estimate of drug-likeness (QED) is 0.0237. The van der Waals surface area contributed by atoms with Crippen LogP contribution in [0.15, 0.2) is 24.3 Å². The molecule has 0 aromatic heterocycles. The number of hydrogen-bond acceptors (Lipinski definition) is 17. The molecule has 0 aliphatic carbocycles. The first-order valence-electron chi connectivity index (χ1n) is 17.1. The summed E-state index contributed by atoms with van der Waals surface area (Å²) in [5.74, 6) is 2.53. The van der Waals surface area contributed by atoms with Crippen LogP contribution in [0.4, 0.5) is 10.5 Å². The predicted octanol–water partition coefficient (Wildman–Crippen LogP) is 1.94. The van der Waals surface area contributed by atoms with E-state index in [9.17, 15) is 14.9 Å². The third-order valence-corrected chi connectivity index (χ3v) is 5.97. The Morgan fingerprint density at radius 1 is 0.481 bits per heavy atom. The highest BCUT2D eigenvalue weighted by molar-refractivity contribution is 5.63. The van der Waals surface area contributed by atoms with Gasteiger partial charge in [0, 0.05) is 12.1 Å². The molecule has 1 aromatic carbocycles. The number of ether oxygens (including phenoxy) is 14. The predicted molar refractivity (Wildman–Crippen MR) is 184 cm³/mol. The molecule has 0 bridgehead atoms. The van der Waals surface area contributed by atoms with Gasteiger partial charge in [0.2, 0.25) is 0 Å². The maximum Gasteiger partial charge on any atom is 0.513 e. The number of nitro groups is 1. The molecule has 0 unspecified atom stereocenters. The third kappa shape index (κ3) is 32.8. The second-order valence-electron chi connectivity index (χ2n) is 9.94. The Hall–Kier alpha value is -3.03. The van der Waals surface area contributed by atoms with Crippen LogP contribution in [-0.2, 0) is 61.6 Å². The van der Waals surface area contributed by atoms with Crippen molar-refractivity contribution in [2.45, 2.75) is 0 Å². The van der Waals surface area contributed by atoms with Crippen LogP contribution in [0.3, 0.4) is 0 Å². The minimum atomic E-state index is -0.929. The van der Waals surface area contributed by atoms with E-state index in [0.29, 0.717) is 152 Å². The van der Waals surface area contributed by atoms with Crippen molar-refractivity contribution in [3.05, 3.63) is 34.4 Å². The topological polar surface area (TPSA) is 189 Å². The Balaban J connectivity index is 1.66. The Morgan fingerprint density at radius 2 is 0.750 bits per heavy atom. The number of carbonyl (C=O) groups is 1. The van der Waals surface area contributed by atoms with E-state index in [1.807, 2.05) is 0 Å². The molecular weight excluding hydrogens is 694 g/mol. The maximum atomic E-state index is 11.6. The van der Waals surface area contributed by atoms with Gasteiger partial charge in [0.1, 0.15) is 19.0 Å². The molecule has 0 saturated heterocycles. The van der Waals surface area contributed by atoms with Crippen molar-refractivity contribution in [1.29, 1.82) is 0 Å². The van der Waals surface area contributed by atoms with Crippen LogP contribution in [0.1, 0.15) is 0 Å². The van der Waals surface area contributed by atoms with Crippen molar-refractivity contribution in [3.8, 4) is 18.1 Å². The highest BCUT2D eigenvalue weighted by Gasteiger charge is 2.09. The maximum absolute atomic E-state index is 11.6. The molecule has 0 aliphatic heterocycles. The van der Waals surface area contributed by atoms with Gasteiger partial charge < -0.3 is 66.3 Å². The minimum absolute atomic E-state index is 0.0110. The fourth-order valence-corrected chi connectivity index (χ4v) is 3.50. The summed E-state index contributed by atoms with van der Waals surface area (Å²) in [6.45, 7) is 10.5. The summed E-state index contributed by atoms with van der Waals surface area (Å²) in [5.41, 5.74) is -0.108. The first-order valence-corrected chi connectivity index (χ1v) is 17.1. The van der Waals surface area contributed by atoms with Gasteiger partial charge in [-0.2, -0.15) is 0 Å². The van der Waals surface area contributed by atoms with E-state index >= 15 is 0 Å². The van der Waals surface area contributed by atoms with Gasteiger partial charge in [-0.1, -0.05) is 5.92 Å². The van der Waals surface area contributed by atoms with Crippen molar-refractivity contribution in [1.82, 2.24) is 0 Å². The fraction of sp³-hybridized carbons (Fsp3) is 0.735. The van der Waals surface area contributed by atoms with E-state index in [1.54, 1.807) is 0 Å². The number of hydrogen-bond donors (Lipinski definition) is 0. The standard InChI is InChI=1S/C34H55NO17/c1-2-7-39-8-9-40-10-11-41-12-13-42-14-15-43-16-17-44-18-19-45-20-21-46-22-23-47-24-25-48-26-27-49-28-29-50-30-31-51-34(36)52-33-5-3-32(4-6-33)35(37)38/h1,3-6H,7-31H2.